The van der Waals surface area contributed by atoms with Crippen LogP contribution < -0.4 is 10.6 Å². The Balaban J connectivity index is 1.48. The number of rotatable bonds is 8. The van der Waals surface area contributed by atoms with Crippen molar-refractivity contribution in [1.82, 2.24) is 10.2 Å². The van der Waals surface area contributed by atoms with Gasteiger partial charge in [-0.05, 0) is 43.3 Å². The molecule has 1 aromatic heterocycles. The Labute approximate surface area is 165 Å². The number of hydrogen-bond donors (Lipinski definition) is 2. The van der Waals surface area contributed by atoms with Crippen molar-refractivity contribution in [2.24, 2.45) is 10.2 Å². The van der Waals surface area contributed by atoms with E-state index in [9.17, 15) is 4.79 Å². The van der Waals surface area contributed by atoms with Crippen molar-refractivity contribution >= 4 is 51.2 Å². The smallest absolute Gasteiger partial charge is 0.234 e. The summed E-state index contributed by atoms with van der Waals surface area (Å²) < 4.78 is 0.762. The zero-order valence-electron chi connectivity index (χ0n) is 14.6. The summed E-state index contributed by atoms with van der Waals surface area (Å²) in [5.41, 5.74) is 2.22. The highest BCUT2D eigenvalue weighted by Crippen LogP contribution is 2.25. The Morgan fingerprint density at radius 3 is 2.44 bits per heavy atom. The number of carbonyl (C=O) groups excluding carboxylic acids is 1. The van der Waals surface area contributed by atoms with Crippen LogP contribution in [0.15, 0.2) is 69.2 Å². The first-order valence-corrected chi connectivity index (χ1v) is 10.1. The molecule has 0 bridgehead atoms. The fourth-order valence-electron chi connectivity index (χ4n) is 2.04. The predicted octanol–water partition coefficient (Wildman–Crippen LogP) is 5.12. The summed E-state index contributed by atoms with van der Waals surface area (Å²) in [4.78, 5) is 12.1. The van der Waals surface area contributed by atoms with Crippen molar-refractivity contribution < 1.29 is 4.79 Å². The van der Waals surface area contributed by atoms with Crippen molar-refractivity contribution in [3.8, 4) is 0 Å². The third kappa shape index (κ3) is 6.15. The number of azo groups is 1. The zero-order chi connectivity index (χ0) is 18.9. The second-order valence-corrected chi connectivity index (χ2v) is 7.52. The van der Waals surface area contributed by atoms with Gasteiger partial charge in [-0.1, -0.05) is 41.3 Å². The van der Waals surface area contributed by atoms with Crippen molar-refractivity contribution in [3.63, 3.8) is 0 Å². The van der Waals surface area contributed by atoms with Gasteiger partial charge < -0.3 is 10.6 Å². The van der Waals surface area contributed by atoms with Crippen LogP contribution >= 0.6 is 23.1 Å². The molecule has 0 aliphatic rings. The minimum atomic E-state index is -0.0983. The van der Waals surface area contributed by atoms with E-state index in [-0.39, 0.29) is 11.7 Å². The van der Waals surface area contributed by atoms with Crippen LogP contribution in [0.4, 0.5) is 22.2 Å². The molecule has 0 aliphatic carbocycles. The molecule has 138 valence electrons. The van der Waals surface area contributed by atoms with E-state index in [4.69, 9.17) is 0 Å². The molecule has 0 spiro atoms. The Kier molecular flexibility index (Phi) is 6.89. The third-order valence-corrected chi connectivity index (χ3v) is 5.26. The van der Waals surface area contributed by atoms with Crippen LogP contribution in [0.2, 0.25) is 0 Å². The van der Waals surface area contributed by atoms with Gasteiger partial charge >= 0.3 is 0 Å². The standard InChI is InChI=1S/C18H18N6OS2/c1-2-19-17-23-24-18(27-17)26-12-16(25)20-13-8-10-15(11-9-13)22-21-14-6-4-3-5-7-14/h3-11H,2,12H2,1H3,(H,19,23)(H,20,25). The largest absolute Gasteiger partial charge is 0.360 e. The molecule has 1 amide bonds. The van der Waals surface area contributed by atoms with Crippen molar-refractivity contribution in [3.05, 3.63) is 54.6 Å². The van der Waals surface area contributed by atoms with E-state index < -0.39 is 0 Å². The van der Waals surface area contributed by atoms with E-state index in [1.807, 2.05) is 49.4 Å². The lowest BCUT2D eigenvalue weighted by Crippen LogP contribution is -2.13. The molecule has 3 rings (SSSR count). The Bertz CT molecular complexity index is 896. The molecule has 0 radical (unpaired) electrons. The Hall–Kier alpha value is -2.78. The summed E-state index contributed by atoms with van der Waals surface area (Å²) in [5.74, 6) is 0.176. The van der Waals surface area contributed by atoms with E-state index in [2.05, 4.69) is 31.1 Å². The second-order valence-electron chi connectivity index (χ2n) is 5.32. The fourth-order valence-corrected chi connectivity index (χ4v) is 3.66. The molecule has 0 unspecified atom stereocenters. The molecule has 0 aliphatic heterocycles. The Morgan fingerprint density at radius 1 is 1.04 bits per heavy atom. The first-order valence-electron chi connectivity index (χ1n) is 8.30. The molecule has 9 heteroatoms. The van der Waals surface area contributed by atoms with Crippen molar-refractivity contribution in [1.29, 1.82) is 0 Å². The highest BCUT2D eigenvalue weighted by atomic mass is 32.2. The summed E-state index contributed by atoms with van der Waals surface area (Å²) >= 11 is 2.80. The van der Waals surface area contributed by atoms with Gasteiger partial charge in [0.25, 0.3) is 0 Å². The van der Waals surface area contributed by atoms with Gasteiger partial charge in [0.15, 0.2) is 4.34 Å². The van der Waals surface area contributed by atoms with Crippen LogP contribution in [-0.4, -0.2) is 28.4 Å². The first kappa shape index (κ1) is 19.0. The lowest BCUT2D eigenvalue weighted by Gasteiger charge is -2.04. The SMILES string of the molecule is CCNc1nnc(SCC(=O)Nc2ccc(N=Nc3ccccc3)cc2)s1. The quantitative estimate of drug-likeness (QED) is 0.406. The van der Waals surface area contributed by atoms with Gasteiger partial charge in [0.1, 0.15) is 0 Å². The number of thioether (sulfide) groups is 1. The molecule has 27 heavy (non-hydrogen) atoms. The van der Waals surface area contributed by atoms with Gasteiger partial charge in [-0.2, -0.15) is 10.2 Å². The van der Waals surface area contributed by atoms with E-state index in [0.29, 0.717) is 5.69 Å². The van der Waals surface area contributed by atoms with Crippen LogP contribution in [0.3, 0.4) is 0 Å². The van der Waals surface area contributed by atoms with E-state index in [1.54, 1.807) is 12.1 Å². The average molecular weight is 399 g/mol. The lowest BCUT2D eigenvalue weighted by molar-refractivity contribution is -0.113. The van der Waals surface area contributed by atoms with Crippen LogP contribution in [0, 0.1) is 0 Å². The summed E-state index contributed by atoms with van der Waals surface area (Å²) in [7, 11) is 0. The van der Waals surface area contributed by atoms with Crippen LogP contribution in [0.1, 0.15) is 6.92 Å². The number of carbonyl (C=O) groups is 1. The van der Waals surface area contributed by atoms with Gasteiger partial charge in [0.05, 0.1) is 17.1 Å². The van der Waals surface area contributed by atoms with Gasteiger partial charge in [-0.3, -0.25) is 4.79 Å². The minimum Gasteiger partial charge on any atom is -0.360 e. The summed E-state index contributed by atoms with van der Waals surface area (Å²) in [6.07, 6.45) is 0. The maximum absolute atomic E-state index is 12.1. The van der Waals surface area contributed by atoms with Crippen LogP contribution in [0.25, 0.3) is 0 Å². The topological polar surface area (TPSA) is 91.6 Å². The molecule has 1 heterocycles. The number of anilines is 2. The fraction of sp³-hybridized carbons (Fsp3) is 0.167. The molecule has 0 fully saturated rings. The summed E-state index contributed by atoms with van der Waals surface area (Å²) in [6.45, 7) is 2.79. The first-order chi connectivity index (χ1) is 13.2. The third-order valence-electron chi connectivity index (χ3n) is 3.25. The van der Waals surface area contributed by atoms with Gasteiger partial charge in [-0.15, -0.1) is 10.2 Å². The number of aromatic nitrogens is 2. The van der Waals surface area contributed by atoms with E-state index in [0.717, 1.165) is 27.4 Å². The second kappa shape index (κ2) is 9.79. The molecule has 0 saturated heterocycles. The van der Waals surface area contributed by atoms with Crippen molar-refractivity contribution in [2.45, 2.75) is 11.3 Å². The average Bonchev–Trinajstić information content (AvgIpc) is 3.15. The van der Waals surface area contributed by atoms with Gasteiger partial charge in [0, 0.05) is 12.2 Å². The molecule has 2 N–H and O–H groups in total. The van der Waals surface area contributed by atoms with E-state index >= 15 is 0 Å². The number of hydrogen-bond acceptors (Lipinski definition) is 8. The maximum atomic E-state index is 12.1. The van der Waals surface area contributed by atoms with Gasteiger partial charge in [0.2, 0.25) is 11.0 Å². The predicted molar refractivity (Wildman–Crippen MR) is 110 cm³/mol. The molecule has 7 nitrogen and oxygen atoms in total. The summed E-state index contributed by atoms with van der Waals surface area (Å²) in [6, 6.07) is 16.7. The molecule has 3 aromatic rings. The number of nitrogens with one attached hydrogen (secondary N) is 2. The molecule has 0 saturated carbocycles. The van der Waals surface area contributed by atoms with Crippen LogP contribution in [0.5, 0.6) is 0 Å². The number of nitrogens with zero attached hydrogens (tertiary/aromatic N) is 4. The maximum Gasteiger partial charge on any atom is 0.234 e. The van der Waals surface area contributed by atoms with Crippen LogP contribution in [-0.2, 0) is 4.79 Å². The molecule has 0 atom stereocenters. The highest BCUT2D eigenvalue weighted by Gasteiger charge is 2.08. The molecule has 2 aromatic carbocycles. The van der Waals surface area contributed by atoms with Crippen molar-refractivity contribution in [2.75, 3.05) is 22.9 Å². The number of amides is 1. The highest BCUT2D eigenvalue weighted by molar-refractivity contribution is 8.01. The van der Waals surface area contributed by atoms with E-state index in [1.165, 1.54) is 23.1 Å². The molecular weight excluding hydrogens is 380 g/mol. The summed E-state index contributed by atoms with van der Waals surface area (Å²) in [5, 5.41) is 23.1. The minimum absolute atomic E-state index is 0.0983. The Morgan fingerprint density at radius 2 is 1.74 bits per heavy atom. The lowest BCUT2D eigenvalue weighted by atomic mass is 10.3. The molecular formula is C18H18N6OS2. The number of benzene rings is 2. The van der Waals surface area contributed by atoms with Gasteiger partial charge in [-0.25, -0.2) is 0 Å². The normalized spacial score (nSPS) is 10.9. The monoisotopic (exact) mass is 398 g/mol. The zero-order valence-corrected chi connectivity index (χ0v) is 16.3.